The molecule has 0 radical (unpaired) electrons. The molecule has 5 nitrogen and oxygen atoms in total. The summed E-state index contributed by atoms with van der Waals surface area (Å²) in [5.41, 5.74) is 3.85. The molecule has 3 aromatic rings. The highest BCUT2D eigenvalue weighted by Gasteiger charge is 2.04. The van der Waals surface area contributed by atoms with E-state index in [2.05, 4.69) is 27.1 Å². The second-order valence-corrected chi connectivity index (χ2v) is 6.63. The molecule has 2 N–H and O–H groups in total. The van der Waals surface area contributed by atoms with Crippen LogP contribution in [0, 0.1) is 11.8 Å². The monoisotopic (exact) mass is 373 g/mol. The van der Waals surface area contributed by atoms with Gasteiger partial charge in [0.15, 0.2) is 0 Å². The largest absolute Gasteiger partial charge is 0.487 e. The van der Waals surface area contributed by atoms with Gasteiger partial charge in [0.1, 0.15) is 12.4 Å². The highest BCUT2D eigenvalue weighted by Crippen LogP contribution is 2.14. The average molecular weight is 373 g/mol. The number of H-pyrrole nitrogens is 1. The number of nitrogens with one attached hydrogen (secondary N) is 2. The predicted molar refractivity (Wildman–Crippen MR) is 109 cm³/mol. The Balaban J connectivity index is 1.60. The highest BCUT2D eigenvalue weighted by atomic mass is 16.5. The normalized spacial score (nSPS) is 11.2. The van der Waals surface area contributed by atoms with Gasteiger partial charge in [0.2, 0.25) is 5.91 Å². The van der Waals surface area contributed by atoms with Crippen molar-refractivity contribution in [2.24, 2.45) is 0 Å². The SMILES string of the molecule is CC(=O)NC(C)Cc1ccc(C#Cc2cccc(OCc3c[nH]cn3)c2)cc1. The molecule has 0 spiro atoms. The number of ether oxygens (including phenoxy) is 1. The van der Waals surface area contributed by atoms with E-state index in [1.807, 2.05) is 61.7 Å². The fraction of sp³-hybridized carbons (Fsp3) is 0.217. The number of hydrogen-bond acceptors (Lipinski definition) is 3. The van der Waals surface area contributed by atoms with E-state index in [4.69, 9.17) is 4.74 Å². The molecular formula is C23H23N3O2. The first kappa shape index (κ1) is 19.2. The summed E-state index contributed by atoms with van der Waals surface area (Å²) in [6.45, 7) is 3.95. The van der Waals surface area contributed by atoms with E-state index in [-0.39, 0.29) is 11.9 Å². The molecule has 1 heterocycles. The van der Waals surface area contributed by atoms with Crippen molar-refractivity contribution in [3.63, 3.8) is 0 Å². The Morgan fingerprint density at radius 1 is 1.18 bits per heavy atom. The van der Waals surface area contributed by atoms with Crippen molar-refractivity contribution in [3.8, 4) is 17.6 Å². The van der Waals surface area contributed by atoms with Crippen molar-refractivity contribution in [1.29, 1.82) is 0 Å². The molecule has 0 aliphatic carbocycles. The van der Waals surface area contributed by atoms with E-state index >= 15 is 0 Å². The van der Waals surface area contributed by atoms with Gasteiger partial charge >= 0.3 is 0 Å². The first-order chi connectivity index (χ1) is 13.6. The molecule has 3 rings (SSSR count). The summed E-state index contributed by atoms with van der Waals surface area (Å²) in [4.78, 5) is 18.1. The van der Waals surface area contributed by atoms with Crippen LogP contribution in [0.15, 0.2) is 61.1 Å². The minimum atomic E-state index is -0.00874. The molecule has 0 bridgehead atoms. The maximum atomic E-state index is 11.1. The zero-order valence-corrected chi connectivity index (χ0v) is 16.0. The van der Waals surface area contributed by atoms with Crippen molar-refractivity contribution >= 4 is 5.91 Å². The van der Waals surface area contributed by atoms with E-state index in [1.54, 1.807) is 6.33 Å². The molecule has 142 valence electrons. The lowest BCUT2D eigenvalue weighted by atomic mass is 10.0. The van der Waals surface area contributed by atoms with Crippen LogP contribution in [-0.2, 0) is 17.8 Å². The number of carbonyl (C=O) groups is 1. The third kappa shape index (κ3) is 6.03. The van der Waals surface area contributed by atoms with Gasteiger partial charge in [0.05, 0.1) is 12.0 Å². The summed E-state index contributed by atoms with van der Waals surface area (Å²) in [7, 11) is 0. The van der Waals surface area contributed by atoms with Gasteiger partial charge in [-0.05, 0) is 49.2 Å². The lowest BCUT2D eigenvalue weighted by molar-refractivity contribution is -0.119. The van der Waals surface area contributed by atoms with Gasteiger partial charge in [-0.1, -0.05) is 30.0 Å². The minimum absolute atomic E-state index is 0.00874. The predicted octanol–water partition coefficient (Wildman–Crippen LogP) is 3.46. The molecule has 0 saturated carbocycles. The summed E-state index contributed by atoms with van der Waals surface area (Å²) in [5.74, 6) is 7.10. The van der Waals surface area contributed by atoms with Crippen LogP contribution in [-0.4, -0.2) is 21.9 Å². The summed E-state index contributed by atoms with van der Waals surface area (Å²) in [6.07, 6.45) is 4.24. The summed E-state index contributed by atoms with van der Waals surface area (Å²) in [5, 5.41) is 2.89. The van der Waals surface area contributed by atoms with Gasteiger partial charge in [0, 0.05) is 30.3 Å². The molecule has 0 aliphatic rings. The lowest BCUT2D eigenvalue weighted by Crippen LogP contribution is -2.31. The van der Waals surface area contributed by atoms with Crippen LogP contribution in [0.2, 0.25) is 0 Å². The molecule has 1 amide bonds. The summed E-state index contributed by atoms with van der Waals surface area (Å²) >= 11 is 0. The number of carbonyl (C=O) groups excluding carboxylic acids is 1. The maximum Gasteiger partial charge on any atom is 0.217 e. The summed E-state index contributed by atoms with van der Waals surface area (Å²) < 4.78 is 5.74. The maximum absolute atomic E-state index is 11.1. The molecule has 1 unspecified atom stereocenters. The Kier molecular flexibility index (Phi) is 6.48. The Bertz CT molecular complexity index is 967. The average Bonchev–Trinajstić information content (AvgIpc) is 3.19. The number of rotatable bonds is 6. The van der Waals surface area contributed by atoms with Crippen LogP contribution in [0.1, 0.15) is 36.2 Å². The second-order valence-electron chi connectivity index (χ2n) is 6.63. The van der Waals surface area contributed by atoms with Crippen molar-refractivity contribution in [2.45, 2.75) is 32.9 Å². The first-order valence-corrected chi connectivity index (χ1v) is 9.17. The van der Waals surface area contributed by atoms with E-state index in [9.17, 15) is 4.79 Å². The number of imidazole rings is 1. The van der Waals surface area contributed by atoms with Crippen LogP contribution in [0.3, 0.4) is 0 Å². The van der Waals surface area contributed by atoms with Gasteiger partial charge in [-0.2, -0.15) is 0 Å². The van der Waals surface area contributed by atoms with Crippen molar-refractivity contribution in [3.05, 3.63) is 83.4 Å². The lowest BCUT2D eigenvalue weighted by Gasteiger charge is -2.12. The smallest absolute Gasteiger partial charge is 0.217 e. The molecule has 2 aromatic carbocycles. The van der Waals surface area contributed by atoms with Gasteiger partial charge in [0.25, 0.3) is 0 Å². The van der Waals surface area contributed by atoms with Crippen molar-refractivity contribution in [2.75, 3.05) is 0 Å². The van der Waals surface area contributed by atoms with E-state index in [0.29, 0.717) is 6.61 Å². The molecule has 0 saturated heterocycles. The van der Waals surface area contributed by atoms with Gasteiger partial charge < -0.3 is 15.0 Å². The molecule has 5 heteroatoms. The minimum Gasteiger partial charge on any atom is -0.487 e. The Morgan fingerprint density at radius 3 is 2.68 bits per heavy atom. The Labute approximate surface area is 165 Å². The zero-order chi connectivity index (χ0) is 19.8. The van der Waals surface area contributed by atoms with Gasteiger partial charge in [-0.15, -0.1) is 0 Å². The fourth-order valence-electron chi connectivity index (χ4n) is 2.81. The molecular weight excluding hydrogens is 350 g/mol. The van der Waals surface area contributed by atoms with Crippen LogP contribution in [0.5, 0.6) is 5.75 Å². The molecule has 1 aromatic heterocycles. The number of aromatic amines is 1. The van der Waals surface area contributed by atoms with Crippen LogP contribution < -0.4 is 10.1 Å². The Morgan fingerprint density at radius 2 is 1.96 bits per heavy atom. The zero-order valence-electron chi connectivity index (χ0n) is 16.0. The molecule has 0 aliphatic heterocycles. The number of hydrogen-bond donors (Lipinski definition) is 2. The van der Waals surface area contributed by atoms with Gasteiger partial charge in [-0.25, -0.2) is 4.98 Å². The molecule has 28 heavy (non-hydrogen) atoms. The topological polar surface area (TPSA) is 67.0 Å². The van der Waals surface area contributed by atoms with E-state index in [0.717, 1.165) is 29.0 Å². The van der Waals surface area contributed by atoms with Crippen molar-refractivity contribution in [1.82, 2.24) is 15.3 Å². The number of nitrogens with zero attached hydrogens (tertiary/aromatic N) is 1. The quantitative estimate of drug-likeness (QED) is 0.651. The fourth-order valence-corrected chi connectivity index (χ4v) is 2.81. The van der Waals surface area contributed by atoms with Crippen LogP contribution in [0.25, 0.3) is 0 Å². The van der Waals surface area contributed by atoms with E-state index in [1.165, 1.54) is 12.5 Å². The van der Waals surface area contributed by atoms with E-state index < -0.39 is 0 Å². The molecule has 0 fully saturated rings. The second kappa shape index (κ2) is 9.43. The standard InChI is InChI=1S/C23H23N3O2/c1-17(26-18(2)27)12-21-10-7-19(8-11-21)6-9-20-4-3-5-23(13-20)28-15-22-14-24-16-25-22/h3-5,7-8,10-11,13-14,16-17H,12,15H2,1-2H3,(H,24,25)(H,26,27). The summed E-state index contributed by atoms with van der Waals surface area (Å²) in [6, 6.07) is 15.9. The third-order valence-corrected chi connectivity index (χ3v) is 4.07. The third-order valence-electron chi connectivity index (χ3n) is 4.07. The number of aromatic nitrogens is 2. The highest BCUT2D eigenvalue weighted by molar-refractivity contribution is 5.73. The van der Waals surface area contributed by atoms with Crippen LogP contribution in [0.4, 0.5) is 0 Å². The molecule has 1 atom stereocenters. The van der Waals surface area contributed by atoms with Crippen LogP contribution >= 0.6 is 0 Å². The first-order valence-electron chi connectivity index (χ1n) is 9.17. The number of amides is 1. The van der Waals surface area contributed by atoms with Gasteiger partial charge in [-0.3, -0.25) is 4.79 Å². The number of benzene rings is 2. The Hall–Kier alpha value is -3.52. The van der Waals surface area contributed by atoms with Crippen molar-refractivity contribution < 1.29 is 9.53 Å².